The Balaban J connectivity index is 2.68. The molecule has 0 radical (unpaired) electrons. The van der Waals surface area contributed by atoms with Gasteiger partial charge in [0, 0.05) is 6.42 Å². The summed E-state index contributed by atoms with van der Waals surface area (Å²) >= 11 is 1.43. The molecule has 0 spiro atoms. The van der Waals surface area contributed by atoms with Crippen molar-refractivity contribution in [3.8, 4) is 0 Å². The van der Waals surface area contributed by atoms with Crippen LogP contribution in [0, 0.1) is 0 Å². The highest BCUT2D eigenvalue weighted by molar-refractivity contribution is 7.98. The summed E-state index contributed by atoms with van der Waals surface area (Å²) in [7, 11) is 0. The minimum absolute atomic E-state index is 0.0224. The van der Waals surface area contributed by atoms with E-state index in [2.05, 4.69) is 10.6 Å². The fourth-order valence-electron chi connectivity index (χ4n) is 2.21. The summed E-state index contributed by atoms with van der Waals surface area (Å²) in [5.41, 5.74) is 0.743. The van der Waals surface area contributed by atoms with Gasteiger partial charge < -0.3 is 25.6 Å². The Morgan fingerprint density at radius 1 is 1.04 bits per heavy atom. The fourth-order valence-corrected chi connectivity index (χ4v) is 2.68. The van der Waals surface area contributed by atoms with E-state index in [0.717, 1.165) is 5.56 Å². The van der Waals surface area contributed by atoms with Crippen LogP contribution in [0.1, 0.15) is 24.8 Å². The van der Waals surface area contributed by atoms with Gasteiger partial charge in [-0.2, -0.15) is 11.8 Å². The third-order valence-corrected chi connectivity index (χ3v) is 4.34. The molecule has 1 aromatic rings. The molecule has 0 bridgehead atoms. The van der Waals surface area contributed by atoms with Crippen molar-refractivity contribution >= 4 is 35.7 Å². The molecule has 2 amide bonds. The molecule has 10 heteroatoms. The first-order valence-electron chi connectivity index (χ1n) is 8.54. The summed E-state index contributed by atoms with van der Waals surface area (Å²) in [6.07, 6.45) is 0.536. The molecule has 0 saturated heterocycles. The first-order chi connectivity index (χ1) is 13.3. The lowest BCUT2D eigenvalue weighted by atomic mass is 10.1. The average Bonchev–Trinajstić information content (AvgIpc) is 2.66. The number of aliphatic carboxylic acids is 2. The maximum atomic E-state index is 12.4. The van der Waals surface area contributed by atoms with Crippen LogP contribution in [0.15, 0.2) is 30.3 Å². The maximum Gasteiger partial charge on any atom is 0.408 e. The van der Waals surface area contributed by atoms with Gasteiger partial charge in [-0.15, -0.1) is 0 Å². The molecule has 4 N–H and O–H groups in total. The molecule has 28 heavy (non-hydrogen) atoms. The standard InChI is InChI=1S/C18H24N2O7S/c1-28-10-9-14(17(24)25)19-16(23)13(7-8-15(21)22)20-18(26)27-11-12-5-3-2-4-6-12/h2-6,13-14H,7-11H2,1H3,(H,19,23)(H,20,26)(H,21,22)(H,24,25). The highest BCUT2D eigenvalue weighted by Crippen LogP contribution is 2.05. The first-order valence-corrected chi connectivity index (χ1v) is 9.94. The summed E-state index contributed by atoms with van der Waals surface area (Å²) in [5, 5.41) is 22.7. The second-order valence-corrected chi connectivity index (χ2v) is 6.86. The number of carboxylic acid groups (broad SMARTS) is 2. The molecule has 0 heterocycles. The first kappa shape index (κ1) is 23.3. The van der Waals surface area contributed by atoms with E-state index < -0.39 is 36.0 Å². The molecule has 2 unspecified atom stereocenters. The molecular formula is C18H24N2O7S. The van der Waals surface area contributed by atoms with E-state index in [9.17, 15) is 24.3 Å². The molecular weight excluding hydrogens is 388 g/mol. The Bertz CT molecular complexity index is 669. The van der Waals surface area contributed by atoms with Crippen LogP contribution in [0.5, 0.6) is 0 Å². The van der Waals surface area contributed by atoms with Crippen LogP contribution in [0.25, 0.3) is 0 Å². The van der Waals surface area contributed by atoms with Gasteiger partial charge in [-0.3, -0.25) is 9.59 Å². The number of ether oxygens (including phenoxy) is 1. The highest BCUT2D eigenvalue weighted by atomic mass is 32.2. The van der Waals surface area contributed by atoms with Gasteiger partial charge >= 0.3 is 18.0 Å². The number of carboxylic acids is 2. The summed E-state index contributed by atoms with van der Waals surface area (Å²) in [6, 6.07) is 6.52. The highest BCUT2D eigenvalue weighted by Gasteiger charge is 2.27. The number of rotatable bonds is 12. The molecule has 0 aliphatic carbocycles. The zero-order valence-corrected chi connectivity index (χ0v) is 16.2. The zero-order valence-electron chi connectivity index (χ0n) is 15.4. The molecule has 0 aliphatic rings. The number of hydrogen-bond acceptors (Lipinski definition) is 6. The van der Waals surface area contributed by atoms with E-state index in [1.807, 2.05) is 6.07 Å². The molecule has 1 rings (SSSR count). The lowest BCUT2D eigenvalue weighted by Gasteiger charge is -2.21. The van der Waals surface area contributed by atoms with Crippen molar-refractivity contribution in [3.05, 3.63) is 35.9 Å². The van der Waals surface area contributed by atoms with Gasteiger partial charge in [-0.05, 0) is 30.4 Å². The van der Waals surface area contributed by atoms with Crippen LogP contribution in [0.4, 0.5) is 4.79 Å². The van der Waals surface area contributed by atoms with Crippen LogP contribution in [-0.4, -0.2) is 58.2 Å². The summed E-state index contributed by atoms with van der Waals surface area (Å²) in [5.74, 6) is -2.60. The van der Waals surface area contributed by atoms with E-state index in [-0.39, 0.29) is 25.9 Å². The minimum atomic E-state index is -1.23. The lowest BCUT2D eigenvalue weighted by molar-refractivity contribution is -0.142. The normalized spacial score (nSPS) is 12.5. The Morgan fingerprint density at radius 3 is 2.29 bits per heavy atom. The SMILES string of the molecule is CSCCC(NC(=O)C(CCC(=O)O)NC(=O)OCc1ccccc1)C(=O)O. The zero-order chi connectivity index (χ0) is 20.9. The van der Waals surface area contributed by atoms with Crippen molar-refractivity contribution in [1.82, 2.24) is 10.6 Å². The van der Waals surface area contributed by atoms with Crippen LogP contribution < -0.4 is 10.6 Å². The van der Waals surface area contributed by atoms with Crippen molar-refractivity contribution in [2.45, 2.75) is 38.0 Å². The number of amides is 2. The molecule has 9 nitrogen and oxygen atoms in total. The number of benzene rings is 1. The number of alkyl carbamates (subject to hydrolysis) is 1. The Morgan fingerprint density at radius 2 is 1.71 bits per heavy atom. The number of nitrogens with one attached hydrogen (secondary N) is 2. The Hall–Kier alpha value is -2.75. The van der Waals surface area contributed by atoms with E-state index in [0.29, 0.717) is 5.75 Å². The second kappa shape index (κ2) is 12.6. The number of hydrogen-bond donors (Lipinski definition) is 4. The monoisotopic (exact) mass is 412 g/mol. The molecule has 0 aromatic heterocycles. The summed E-state index contributed by atoms with van der Waals surface area (Å²) in [6.45, 7) is -0.0224. The van der Waals surface area contributed by atoms with E-state index in [4.69, 9.17) is 9.84 Å². The smallest absolute Gasteiger partial charge is 0.408 e. The van der Waals surface area contributed by atoms with Gasteiger partial charge in [0.05, 0.1) is 0 Å². The molecule has 0 aliphatic heterocycles. The van der Waals surface area contributed by atoms with Crippen molar-refractivity contribution in [2.75, 3.05) is 12.0 Å². The van der Waals surface area contributed by atoms with E-state index in [1.165, 1.54) is 11.8 Å². The van der Waals surface area contributed by atoms with Crippen LogP contribution in [0.2, 0.25) is 0 Å². The second-order valence-electron chi connectivity index (χ2n) is 5.87. The van der Waals surface area contributed by atoms with Gasteiger partial charge in [-0.25, -0.2) is 9.59 Å². The fraction of sp³-hybridized carbons (Fsp3) is 0.444. The van der Waals surface area contributed by atoms with Gasteiger partial charge in [-0.1, -0.05) is 30.3 Å². The third-order valence-electron chi connectivity index (χ3n) is 3.69. The van der Waals surface area contributed by atoms with E-state index in [1.54, 1.807) is 30.5 Å². The quantitative estimate of drug-likeness (QED) is 0.404. The molecule has 0 saturated carbocycles. The van der Waals surface area contributed by atoms with Crippen LogP contribution in [-0.2, 0) is 25.7 Å². The topological polar surface area (TPSA) is 142 Å². The minimum Gasteiger partial charge on any atom is -0.481 e. The van der Waals surface area contributed by atoms with Crippen LogP contribution >= 0.6 is 11.8 Å². The molecule has 1 aromatic carbocycles. The Kier molecular flexibility index (Phi) is 10.5. The maximum absolute atomic E-state index is 12.4. The van der Waals surface area contributed by atoms with Crippen molar-refractivity contribution in [2.24, 2.45) is 0 Å². The average molecular weight is 412 g/mol. The van der Waals surface area contributed by atoms with Crippen LogP contribution in [0.3, 0.4) is 0 Å². The predicted octanol–water partition coefficient (Wildman–Crippen LogP) is 1.47. The lowest BCUT2D eigenvalue weighted by Crippen LogP contribution is -2.52. The predicted molar refractivity (Wildman–Crippen MR) is 103 cm³/mol. The van der Waals surface area contributed by atoms with Gasteiger partial charge in [0.2, 0.25) is 5.91 Å². The molecule has 154 valence electrons. The van der Waals surface area contributed by atoms with Crippen molar-refractivity contribution in [3.63, 3.8) is 0 Å². The largest absolute Gasteiger partial charge is 0.481 e. The third kappa shape index (κ3) is 9.26. The molecule has 2 atom stereocenters. The molecule has 0 fully saturated rings. The number of thioether (sulfide) groups is 1. The van der Waals surface area contributed by atoms with Gasteiger partial charge in [0.25, 0.3) is 0 Å². The van der Waals surface area contributed by atoms with Crippen molar-refractivity contribution < 1.29 is 34.1 Å². The number of carbonyl (C=O) groups is 4. The summed E-state index contributed by atoms with van der Waals surface area (Å²) < 4.78 is 5.04. The van der Waals surface area contributed by atoms with Gasteiger partial charge in [0.15, 0.2) is 0 Å². The van der Waals surface area contributed by atoms with Gasteiger partial charge in [0.1, 0.15) is 18.7 Å². The summed E-state index contributed by atoms with van der Waals surface area (Å²) in [4.78, 5) is 46.5. The van der Waals surface area contributed by atoms with Crippen molar-refractivity contribution in [1.29, 1.82) is 0 Å². The Labute approximate surface area is 166 Å². The van der Waals surface area contributed by atoms with E-state index >= 15 is 0 Å². The number of carbonyl (C=O) groups excluding carboxylic acids is 2.